The summed E-state index contributed by atoms with van der Waals surface area (Å²) in [6.07, 6.45) is 1.47. The molecule has 1 aromatic rings. The monoisotopic (exact) mass is 251 g/mol. The first-order chi connectivity index (χ1) is 8.74. The lowest BCUT2D eigenvalue weighted by Gasteiger charge is -2.22. The topological polar surface area (TPSA) is 70.8 Å². The SMILES string of the molecule is Nc1ccc(OCC(=O)OC2CCOCC2)cc1. The number of hydrogen-bond donors (Lipinski definition) is 1. The van der Waals surface area contributed by atoms with Gasteiger partial charge in [-0.1, -0.05) is 0 Å². The van der Waals surface area contributed by atoms with E-state index in [4.69, 9.17) is 19.9 Å². The molecule has 0 spiro atoms. The summed E-state index contributed by atoms with van der Waals surface area (Å²) in [6.45, 7) is 1.22. The molecular formula is C13H17NO4. The van der Waals surface area contributed by atoms with Crippen LogP contribution in [0.5, 0.6) is 5.75 Å². The molecule has 0 amide bonds. The largest absolute Gasteiger partial charge is 0.482 e. The van der Waals surface area contributed by atoms with E-state index >= 15 is 0 Å². The van der Waals surface area contributed by atoms with Gasteiger partial charge in [-0.2, -0.15) is 0 Å². The molecule has 0 unspecified atom stereocenters. The van der Waals surface area contributed by atoms with E-state index in [1.54, 1.807) is 24.3 Å². The van der Waals surface area contributed by atoms with E-state index in [2.05, 4.69) is 0 Å². The maximum atomic E-state index is 11.5. The van der Waals surface area contributed by atoms with E-state index in [0.717, 1.165) is 12.8 Å². The quantitative estimate of drug-likeness (QED) is 0.646. The van der Waals surface area contributed by atoms with Crippen LogP contribution in [0, 0.1) is 0 Å². The van der Waals surface area contributed by atoms with Gasteiger partial charge in [0.25, 0.3) is 0 Å². The summed E-state index contributed by atoms with van der Waals surface area (Å²) in [5.41, 5.74) is 6.21. The Morgan fingerprint density at radius 1 is 1.28 bits per heavy atom. The zero-order chi connectivity index (χ0) is 12.8. The third-order valence-corrected chi connectivity index (χ3v) is 2.70. The molecule has 0 bridgehead atoms. The Labute approximate surface area is 106 Å². The third kappa shape index (κ3) is 3.92. The minimum atomic E-state index is -0.348. The first-order valence-corrected chi connectivity index (χ1v) is 5.99. The average molecular weight is 251 g/mol. The molecule has 1 fully saturated rings. The number of rotatable bonds is 4. The number of hydrogen-bond acceptors (Lipinski definition) is 5. The summed E-state index contributed by atoms with van der Waals surface area (Å²) >= 11 is 0. The molecule has 0 aromatic heterocycles. The lowest BCUT2D eigenvalue weighted by atomic mass is 10.2. The molecule has 0 aliphatic carbocycles. The Morgan fingerprint density at radius 2 is 1.94 bits per heavy atom. The van der Waals surface area contributed by atoms with Gasteiger partial charge in [0, 0.05) is 18.5 Å². The second-order valence-corrected chi connectivity index (χ2v) is 4.16. The molecule has 0 radical (unpaired) electrons. The Balaban J connectivity index is 1.72. The number of nitrogen functional groups attached to an aromatic ring is 1. The van der Waals surface area contributed by atoms with Gasteiger partial charge in [0.2, 0.25) is 0 Å². The summed E-state index contributed by atoms with van der Waals surface area (Å²) in [5, 5.41) is 0. The molecule has 5 heteroatoms. The highest BCUT2D eigenvalue weighted by molar-refractivity contribution is 5.71. The first-order valence-electron chi connectivity index (χ1n) is 5.99. The van der Waals surface area contributed by atoms with E-state index < -0.39 is 0 Å². The zero-order valence-electron chi connectivity index (χ0n) is 10.1. The molecular weight excluding hydrogens is 234 g/mol. The highest BCUT2D eigenvalue weighted by atomic mass is 16.6. The van der Waals surface area contributed by atoms with Crippen molar-refractivity contribution in [1.82, 2.24) is 0 Å². The van der Waals surface area contributed by atoms with Crippen LogP contribution in [0.15, 0.2) is 24.3 Å². The van der Waals surface area contributed by atoms with Crippen molar-refractivity contribution >= 4 is 11.7 Å². The van der Waals surface area contributed by atoms with Gasteiger partial charge in [-0.3, -0.25) is 0 Å². The first kappa shape index (κ1) is 12.7. The normalized spacial score (nSPS) is 16.2. The van der Waals surface area contributed by atoms with Gasteiger partial charge >= 0.3 is 5.97 Å². The molecule has 1 heterocycles. The maximum absolute atomic E-state index is 11.5. The zero-order valence-corrected chi connectivity index (χ0v) is 10.1. The van der Waals surface area contributed by atoms with Crippen LogP contribution >= 0.6 is 0 Å². The van der Waals surface area contributed by atoms with Crippen LogP contribution in [0.4, 0.5) is 5.69 Å². The van der Waals surface area contributed by atoms with E-state index in [1.807, 2.05) is 0 Å². The molecule has 1 saturated heterocycles. The van der Waals surface area contributed by atoms with Crippen molar-refractivity contribution in [1.29, 1.82) is 0 Å². The Bertz CT molecular complexity index is 384. The van der Waals surface area contributed by atoms with Crippen molar-refractivity contribution in [3.63, 3.8) is 0 Å². The second kappa shape index (κ2) is 6.26. The van der Waals surface area contributed by atoms with E-state index in [1.165, 1.54) is 0 Å². The fraction of sp³-hybridized carbons (Fsp3) is 0.462. The van der Waals surface area contributed by atoms with Gasteiger partial charge in [-0.25, -0.2) is 4.79 Å². The molecule has 1 aliphatic rings. The second-order valence-electron chi connectivity index (χ2n) is 4.16. The highest BCUT2D eigenvalue weighted by Gasteiger charge is 2.18. The summed E-state index contributed by atoms with van der Waals surface area (Å²) in [7, 11) is 0. The molecule has 98 valence electrons. The molecule has 0 atom stereocenters. The van der Waals surface area contributed by atoms with E-state index in [9.17, 15) is 4.79 Å². The van der Waals surface area contributed by atoms with Crippen LogP contribution in [0.1, 0.15) is 12.8 Å². The number of carbonyl (C=O) groups excluding carboxylic acids is 1. The van der Waals surface area contributed by atoms with Crippen LogP contribution in [-0.4, -0.2) is 31.9 Å². The van der Waals surface area contributed by atoms with E-state index in [-0.39, 0.29) is 18.7 Å². The number of anilines is 1. The minimum absolute atomic E-state index is 0.0405. The molecule has 1 aliphatic heterocycles. The number of carbonyl (C=O) groups is 1. The molecule has 0 saturated carbocycles. The Kier molecular flexibility index (Phi) is 4.41. The van der Waals surface area contributed by atoms with Crippen molar-refractivity contribution in [2.75, 3.05) is 25.6 Å². The lowest BCUT2D eigenvalue weighted by Crippen LogP contribution is -2.28. The highest BCUT2D eigenvalue weighted by Crippen LogP contribution is 2.14. The van der Waals surface area contributed by atoms with Gasteiger partial charge < -0.3 is 19.9 Å². The summed E-state index contributed by atoms with van der Waals surface area (Å²) in [6, 6.07) is 6.88. The fourth-order valence-electron chi connectivity index (χ4n) is 1.72. The van der Waals surface area contributed by atoms with Crippen LogP contribution < -0.4 is 10.5 Å². The van der Waals surface area contributed by atoms with Crippen molar-refractivity contribution in [2.45, 2.75) is 18.9 Å². The van der Waals surface area contributed by atoms with Gasteiger partial charge in [0.1, 0.15) is 11.9 Å². The fourth-order valence-corrected chi connectivity index (χ4v) is 1.72. The minimum Gasteiger partial charge on any atom is -0.482 e. The molecule has 18 heavy (non-hydrogen) atoms. The van der Waals surface area contributed by atoms with Gasteiger partial charge in [-0.15, -0.1) is 0 Å². The average Bonchev–Trinajstić information content (AvgIpc) is 2.39. The van der Waals surface area contributed by atoms with Crippen molar-refractivity contribution in [3.8, 4) is 5.75 Å². The summed E-state index contributed by atoms with van der Waals surface area (Å²) < 4.78 is 15.8. The van der Waals surface area contributed by atoms with Gasteiger partial charge in [-0.05, 0) is 24.3 Å². The molecule has 2 N–H and O–H groups in total. The predicted octanol–water partition coefficient (Wildman–Crippen LogP) is 1.37. The van der Waals surface area contributed by atoms with Crippen molar-refractivity contribution < 1.29 is 19.0 Å². The summed E-state index contributed by atoms with van der Waals surface area (Å²) in [4.78, 5) is 11.5. The number of benzene rings is 1. The van der Waals surface area contributed by atoms with Crippen LogP contribution in [0.2, 0.25) is 0 Å². The van der Waals surface area contributed by atoms with Crippen molar-refractivity contribution in [2.24, 2.45) is 0 Å². The van der Waals surface area contributed by atoms with Crippen LogP contribution in [-0.2, 0) is 14.3 Å². The van der Waals surface area contributed by atoms with E-state index in [0.29, 0.717) is 24.7 Å². The van der Waals surface area contributed by atoms with Gasteiger partial charge in [0.15, 0.2) is 6.61 Å². The number of ether oxygens (including phenoxy) is 3. The van der Waals surface area contributed by atoms with Crippen LogP contribution in [0.25, 0.3) is 0 Å². The standard InChI is InChI=1S/C13H17NO4/c14-10-1-3-11(4-2-10)17-9-13(15)18-12-5-7-16-8-6-12/h1-4,12H,5-9,14H2. The van der Waals surface area contributed by atoms with Gasteiger partial charge in [0.05, 0.1) is 13.2 Å². The smallest absolute Gasteiger partial charge is 0.344 e. The number of nitrogens with two attached hydrogens (primary N) is 1. The molecule has 2 rings (SSSR count). The van der Waals surface area contributed by atoms with Crippen LogP contribution in [0.3, 0.4) is 0 Å². The lowest BCUT2D eigenvalue weighted by molar-refractivity contribution is -0.155. The predicted molar refractivity (Wildman–Crippen MR) is 66.3 cm³/mol. The maximum Gasteiger partial charge on any atom is 0.344 e. The molecule has 5 nitrogen and oxygen atoms in total. The molecule has 1 aromatic carbocycles. The third-order valence-electron chi connectivity index (χ3n) is 2.70. The van der Waals surface area contributed by atoms with Crippen molar-refractivity contribution in [3.05, 3.63) is 24.3 Å². The Hall–Kier alpha value is -1.75. The summed E-state index contributed by atoms with van der Waals surface area (Å²) in [5.74, 6) is 0.256. The Morgan fingerprint density at radius 3 is 2.61 bits per heavy atom. The number of esters is 1.